The molecule has 0 spiro atoms. The molecule has 3 aromatic carbocycles. The van der Waals surface area contributed by atoms with Gasteiger partial charge in [-0.3, -0.25) is 9.89 Å². The average molecular weight is 455 g/mol. The van der Waals surface area contributed by atoms with Crippen LogP contribution in [0.2, 0.25) is 0 Å². The van der Waals surface area contributed by atoms with Crippen LogP contribution in [-0.2, 0) is 11.3 Å². The molecule has 2 atom stereocenters. The molecule has 0 bridgehead atoms. The van der Waals surface area contributed by atoms with Crippen LogP contribution in [0.1, 0.15) is 34.7 Å². The Morgan fingerprint density at radius 3 is 2.59 bits per heavy atom. The van der Waals surface area contributed by atoms with E-state index in [9.17, 15) is 9.18 Å². The maximum Gasteiger partial charge on any atom is 0.228 e. The zero-order chi connectivity index (χ0) is 23.7. The standard InChI is InChI=1S/C28H27FN4O/c1-33(2)17-19-5-3-18(4-6-19)7-14-26-23-13-8-20(15-27(23)32-31-26)24-16-25(24)28(34)30-22-11-9-21(29)10-12-22/h3-15,24-25H,16-17H2,1-2H3,(H,30,34)(H,31,32)/b14-7+/t24-,25+/m0/s1. The Balaban J connectivity index is 1.24. The Bertz CT molecular complexity index is 1340. The minimum absolute atomic E-state index is 0.0264. The van der Waals surface area contributed by atoms with E-state index in [1.54, 1.807) is 12.1 Å². The van der Waals surface area contributed by atoms with Gasteiger partial charge in [-0.2, -0.15) is 5.10 Å². The van der Waals surface area contributed by atoms with Crippen molar-refractivity contribution >= 4 is 34.6 Å². The normalized spacial score (nSPS) is 17.5. The van der Waals surface area contributed by atoms with Gasteiger partial charge < -0.3 is 10.2 Å². The summed E-state index contributed by atoms with van der Waals surface area (Å²) in [6, 6.07) is 20.6. The molecule has 1 aliphatic rings. The van der Waals surface area contributed by atoms with Crippen molar-refractivity contribution < 1.29 is 9.18 Å². The minimum Gasteiger partial charge on any atom is -0.326 e. The maximum atomic E-state index is 13.1. The van der Waals surface area contributed by atoms with E-state index in [-0.39, 0.29) is 23.6 Å². The number of nitrogens with zero attached hydrogens (tertiary/aromatic N) is 2. The van der Waals surface area contributed by atoms with Crippen molar-refractivity contribution in [2.75, 3.05) is 19.4 Å². The SMILES string of the molecule is CN(C)Cc1ccc(/C=C/c2n[nH]c3cc([C@@H]4C[C@H]4C(=O)Nc4ccc(F)cc4)ccc23)cc1. The van der Waals surface area contributed by atoms with E-state index in [1.165, 1.54) is 17.7 Å². The third kappa shape index (κ3) is 4.92. The first-order valence-corrected chi connectivity index (χ1v) is 11.4. The third-order valence-corrected chi connectivity index (χ3v) is 6.20. The monoisotopic (exact) mass is 454 g/mol. The van der Waals surface area contributed by atoms with Gasteiger partial charge in [0.1, 0.15) is 5.82 Å². The van der Waals surface area contributed by atoms with Gasteiger partial charge in [0.2, 0.25) is 5.91 Å². The summed E-state index contributed by atoms with van der Waals surface area (Å²) in [6.45, 7) is 0.923. The van der Waals surface area contributed by atoms with E-state index in [4.69, 9.17) is 0 Å². The second kappa shape index (κ2) is 9.23. The predicted molar refractivity (Wildman–Crippen MR) is 135 cm³/mol. The lowest BCUT2D eigenvalue weighted by Gasteiger charge is -2.09. The van der Waals surface area contributed by atoms with Gasteiger partial charge in [-0.15, -0.1) is 0 Å². The van der Waals surface area contributed by atoms with Crippen molar-refractivity contribution in [2.24, 2.45) is 5.92 Å². The molecule has 1 saturated carbocycles. The highest BCUT2D eigenvalue weighted by atomic mass is 19.1. The number of hydrogen-bond acceptors (Lipinski definition) is 3. The summed E-state index contributed by atoms with van der Waals surface area (Å²) < 4.78 is 13.1. The lowest BCUT2D eigenvalue weighted by Crippen LogP contribution is -2.14. The van der Waals surface area contributed by atoms with E-state index in [1.807, 2.05) is 6.08 Å². The number of H-pyrrole nitrogens is 1. The van der Waals surface area contributed by atoms with Crippen LogP contribution in [0.15, 0.2) is 66.7 Å². The Kier molecular flexibility index (Phi) is 5.99. The molecule has 0 aliphatic heterocycles. The molecular formula is C28H27FN4O. The van der Waals surface area contributed by atoms with Crippen LogP contribution in [-0.4, -0.2) is 35.1 Å². The summed E-state index contributed by atoms with van der Waals surface area (Å²) >= 11 is 0. The zero-order valence-electron chi connectivity index (χ0n) is 19.3. The molecule has 1 fully saturated rings. The van der Waals surface area contributed by atoms with Crippen molar-refractivity contribution in [3.05, 3.63) is 94.9 Å². The van der Waals surface area contributed by atoms with Crippen LogP contribution in [0.25, 0.3) is 23.1 Å². The second-order valence-corrected chi connectivity index (χ2v) is 9.17. The first-order chi connectivity index (χ1) is 16.5. The van der Waals surface area contributed by atoms with Gasteiger partial charge in [-0.1, -0.05) is 42.5 Å². The van der Waals surface area contributed by atoms with Gasteiger partial charge in [-0.25, -0.2) is 4.39 Å². The number of amides is 1. The van der Waals surface area contributed by atoms with Crippen LogP contribution < -0.4 is 5.32 Å². The number of nitrogens with one attached hydrogen (secondary N) is 2. The van der Waals surface area contributed by atoms with Crippen molar-refractivity contribution in [2.45, 2.75) is 18.9 Å². The smallest absolute Gasteiger partial charge is 0.228 e. The second-order valence-electron chi connectivity index (χ2n) is 9.17. The van der Waals surface area contributed by atoms with Crippen molar-refractivity contribution in [1.29, 1.82) is 0 Å². The number of carbonyl (C=O) groups excluding carboxylic acids is 1. The Labute approximate surface area is 198 Å². The van der Waals surface area contributed by atoms with E-state index in [0.29, 0.717) is 5.69 Å². The molecule has 172 valence electrons. The van der Waals surface area contributed by atoms with Gasteiger partial charge in [0.15, 0.2) is 0 Å². The molecule has 1 aliphatic carbocycles. The number of fused-ring (bicyclic) bond motifs is 1. The summed E-state index contributed by atoms with van der Waals surface area (Å²) in [4.78, 5) is 14.7. The van der Waals surface area contributed by atoms with Gasteiger partial charge in [-0.05, 0) is 79.5 Å². The fourth-order valence-corrected chi connectivity index (χ4v) is 4.31. The fourth-order valence-electron chi connectivity index (χ4n) is 4.31. The Morgan fingerprint density at radius 1 is 1.09 bits per heavy atom. The lowest BCUT2D eigenvalue weighted by atomic mass is 10.1. The molecule has 4 aromatic rings. The molecule has 1 heterocycles. The van der Waals surface area contributed by atoms with Crippen molar-refractivity contribution in [3.63, 3.8) is 0 Å². The van der Waals surface area contributed by atoms with Crippen molar-refractivity contribution in [1.82, 2.24) is 15.1 Å². The highest BCUT2D eigenvalue weighted by Crippen LogP contribution is 2.48. The summed E-state index contributed by atoms with van der Waals surface area (Å²) in [5.41, 5.74) is 6.00. The van der Waals surface area contributed by atoms with Gasteiger partial charge in [0.05, 0.1) is 11.2 Å². The maximum absolute atomic E-state index is 13.1. The number of halogens is 1. The Morgan fingerprint density at radius 2 is 1.85 bits per heavy atom. The molecule has 1 aromatic heterocycles. The largest absolute Gasteiger partial charge is 0.326 e. The molecule has 5 nitrogen and oxygen atoms in total. The van der Waals surface area contributed by atoms with Crippen LogP contribution in [0.4, 0.5) is 10.1 Å². The van der Waals surface area contributed by atoms with Gasteiger partial charge in [0, 0.05) is 23.5 Å². The van der Waals surface area contributed by atoms with E-state index < -0.39 is 0 Å². The minimum atomic E-state index is -0.317. The average Bonchev–Trinajstić information content (AvgIpc) is 3.53. The van der Waals surface area contributed by atoms with Gasteiger partial charge in [0.25, 0.3) is 0 Å². The summed E-state index contributed by atoms with van der Waals surface area (Å²) in [5.74, 6) is -0.225. The van der Waals surface area contributed by atoms with E-state index in [2.05, 4.69) is 83.0 Å². The van der Waals surface area contributed by atoms with Crippen LogP contribution in [0, 0.1) is 11.7 Å². The molecule has 0 unspecified atom stereocenters. The molecule has 2 N–H and O–H groups in total. The third-order valence-electron chi connectivity index (χ3n) is 6.20. The number of aromatic nitrogens is 2. The Hall–Kier alpha value is -3.77. The van der Waals surface area contributed by atoms with Crippen LogP contribution in [0.3, 0.4) is 0 Å². The lowest BCUT2D eigenvalue weighted by molar-refractivity contribution is -0.117. The number of hydrogen-bond donors (Lipinski definition) is 2. The molecule has 34 heavy (non-hydrogen) atoms. The first kappa shape index (κ1) is 22.0. The zero-order valence-corrected chi connectivity index (χ0v) is 19.3. The number of aromatic amines is 1. The molecule has 1 amide bonds. The number of carbonyl (C=O) groups is 1. The van der Waals surface area contributed by atoms with E-state index in [0.717, 1.165) is 40.7 Å². The first-order valence-electron chi connectivity index (χ1n) is 11.4. The van der Waals surface area contributed by atoms with Crippen molar-refractivity contribution in [3.8, 4) is 0 Å². The summed E-state index contributed by atoms with van der Waals surface area (Å²) in [7, 11) is 4.13. The quantitative estimate of drug-likeness (QED) is 0.378. The fraction of sp³-hybridized carbons (Fsp3) is 0.214. The predicted octanol–water partition coefficient (Wildman–Crippen LogP) is 5.68. The van der Waals surface area contributed by atoms with E-state index >= 15 is 0 Å². The van der Waals surface area contributed by atoms with Crippen LogP contribution >= 0.6 is 0 Å². The molecule has 0 radical (unpaired) electrons. The summed E-state index contributed by atoms with van der Waals surface area (Å²) in [5, 5.41) is 11.5. The highest BCUT2D eigenvalue weighted by molar-refractivity contribution is 5.95. The number of benzene rings is 3. The highest BCUT2D eigenvalue weighted by Gasteiger charge is 2.44. The molecule has 5 rings (SSSR count). The molecular weight excluding hydrogens is 427 g/mol. The topological polar surface area (TPSA) is 61.0 Å². The summed E-state index contributed by atoms with van der Waals surface area (Å²) in [6.07, 6.45) is 4.90. The molecule has 0 saturated heterocycles. The molecule has 6 heteroatoms. The van der Waals surface area contributed by atoms with Gasteiger partial charge >= 0.3 is 0 Å². The number of anilines is 1. The number of rotatable bonds is 7. The van der Waals surface area contributed by atoms with Crippen LogP contribution in [0.5, 0.6) is 0 Å².